The number of urea groups is 1. The van der Waals surface area contributed by atoms with Crippen LogP contribution in [0.25, 0.3) is 5.69 Å². The smallest absolute Gasteiger partial charge is 0.324 e. The Morgan fingerprint density at radius 1 is 0.864 bits per heavy atom. The number of nitrogens with zero attached hydrogens (tertiary/aromatic N) is 3. The molecule has 0 saturated carbocycles. The van der Waals surface area contributed by atoms with Gasteiger partial charge in [0.05, 0.1) is 11.4 Å². The van der Waals surface area contributed by atoms with E-state index < -0.39 is 0 Å². The van der Waals surface area contributed by atoms with E-state index in [9.17, 15) is 9.59 Å². The van der Waals surface area contributed by atoms with Gasteiger partial charge < -0.3 is 10.2 Å². The number of likely N-dealkylation sites (tertiary alicyclic amines) is 1. The summed E-state index contributed by atoms with van der Waals surface area (Å²) in [5, 5.41) is 10.8. The van der Waals surface area contributed by atoms with Gasteiger partial charge in [-0.2, -0.15) is 5.10 Å². The molecule has 7 heteroatoms. The maximum absolute atomic E-state index is 13.1. The van der Waals surface area contributed by atoms with Gasteiger partial charge in [0.2, 0.25) is 5.91 Å². The van der Waals surface area contributed by atoms with Crippen molar-refractivity contribution in [3.63, 3.8) is 0 Å². The molecule has 230 valence electrons. The summed E-state index contributed by atoms with van der Waals surface area (Å²) in [5.74, 6) is 1.41. The van der Waals surface area contributed by atoms with Crippen LogP contribution in [-0.2, 0) is 23.1 Å². The van der Waals surface area contributed by atoms with Gasteiger partial charge >= 0.3 is 6.03 Å². The third-order valence-electron chi connectivity index (χ3n) is 8.37. The van der Waals surface area contributed by atoms with Crippen LogP contribution in [0.5, 0.6) is 0 Å². The second kappa shape index (κ2) is 13.9. The normalized spacial score (nSPS) is 14.0. The van der Waals surface area contributed by atoms with Crippen LogP contribution in [-0.4, -0.2) is 39.7 Å². The van der Waals surface area contributed by atoms with Crippen LogP contribution in [0, 0.1) is 12.8 Å². The molecule has 0 unspecified atom stereocenters. The molecule has 1 fully saturated rings. The van der Waals surface area contributed by atoms with Crippen LogP contribution in [0.1, 0.15) is 68.8 Å². The summed E-state index contributed by atoms with van der Waals surface area (Å²) in [6.07, 6.45) is 5.38. The number of benzene rings is 3. The first-order chi connectivity index (χ1) is 21.1. The van der Waals surface area contributed by atoms with Gasteiger partial charge in [0.1, 0.15) is 5.82 Å². The van der Waals surface area contributed by atoms with Crippen LogP contribution >= 0.6 is 0 Å². The van der Waals surface area contributed by atoms with Gasteiger partial charge in [-0.3, -0.25) is 10.1 Å². The molecule has 44 heavy (non-hydrogen) atoms. The fourth-order valence-electron chi connectivity index (χ4n) is 5.74. The van der Waals surface area contributed by atoms with Crippen molar-refractivity contribution in [1.29, 1.82) is 0 Å². The highest BCUT2D eigenvalue weighted by atomic mass is 16.2. The van der Waals surface area contributed by atoms with Crippen molar-refractivity contribution < 1.29 is 9.59 Å². The van der Waals surface area contributed by atoms with Crippen molar-refractivity contribution in [1.82, 2.24) is 14.7 Å². The maximum Gasteiger partial charge on any atom is 0.324 e. The highest BCUT2D eigenvalue weighted by Gasteiger charge is 2.24. The molecular formula is C37H45N5O2. The van der Waals surface area contributed by atoms with E-state index in [1.54, 1.807) is 4.68 Å². The van der Waals surface area contributed by atoms with Crippen molar-refractivity contribution in [2.45, 2.75) is 71.6 Å². The topological polar surface area (TPSA) is 79.3 Å². The van der Waals surface area contributed by atoms with Gasteiger partial charge in [0.25, 0.3) is 0 Å². The van der Waals surface area contributed by atoms with Crippen LogP contribution in [0.2, 0.25) is 0 Å². The lowest BCUT2D eigenvalue weighted by molar-refractivity contribution is -0.132. The third-order valence-corrected chi connectivity index (χ3v) is 8.37. The number of nitrogens with one attached hydrogen (secondary N) is 2. The molecule has 2 heterocycles. The summed E-state index contributed by atoms with van der Waals surface area (Å²) in [4.78, 5) is 27.9. The van der Waals surface area contributed by atoms with Gasteiger partial charge in [-0.15, -0.1) is 0 Å². The lowest BCUT2D eigenvalue weighted by Crippen LogP contribution is -2.38. The zero-order valence-corrected chi connectivity index (χ0v) is 26.5. The molecular weight excluding hydrogens is 546 g/mol. The number of piperidine rings is 1. The minimum Gasteiger partial charge on any atom is -0.343 e. The SMILES string of the molecule is Cc1ccc(-n2nc(C(C)(C)C)cc2NC(=O)Nc2cccc(CC3CCN(C(=O)CCCc4ccccc4)CC3)c2)cc1. The van der Waals surface area contributed by atoms with Crippen LogP contribution in [0.15, 0.2) is 84.9 Å². The number of amides is 3. The quantitative estimate of drug-likeness (QED) is 0.207. The second-order valence-electron chi connectivity index (χ2n) is 13.1. The summed E-state index contributed by atoms with van der Waals surface area (Å²) < 4.78 is 1.79. The Labute approximate surface area is 261 Å². The average molecular weight is 592 g/mol. The largest absolute Gasteiger partial charge is 0.343 e. The number of carbonyl (C=O) groups is 2. The summed E-state index contributed by atoms with van der Waals surface area (Å²) in [7, 11) is 0. The van der Waals surface area contributed by atoms with Crippen molar-refractivity contribution in [3.05, 3.63) is 107 Å². The predicted octanol–water partition coefficient (Wildman–Crippen LogP) is 7.93. The number of hydrogen-bond donors (Lipinski definition) is 2. The van der Waals surface area contributed by atoms with E-state index >= 15 is 0 Å². The highest BCUT2D eigenvalue weighted by Crippen LogP contribution is 2.27. The fourth-order valence-corrected chi connectivity index (χ4v) is 5.74. The Balaban J connectivity index is 1.13. The molecule has 1 aromatic heterocycles. The lowest BCUT2D eigenvalue weighted by atomic mass is 9.90. The van der Waals surface area contributed by atoms with Gasteiger partial charge in [0.15, 0.2) is 0 Å². The maximum atomic E-state index is 13.1. The molecule has 4 aromatic rings. The minimum atomic E-state index is -0.310. The Morgan fingerprint density at radius 3 is 2.27 bits per heavy atom. The first-order valence-corrected chi connectivity index (χ1v) is 15.8. The summed E-state index contributed by atoms with van der Waals surface area (Å²) in [6, 6.07) is 28.2. The van der Waals surface area contributed by atoms with Gasteiger partial charge in [0, 0.05) is 36.7 Å². The van der Waals surface area contributed by atoms with Gasteiger partial charge in [-0.1, -0.05) is 80.9 Å². The van der Waals surface area contributed by atoms with Crippen LogP contribution in [0.4, 0.5) is 16.3 Å². The zero-order valence-electron chi connectivity index (χ0n) is 26.5. The van der Waals surface area contributed by atoms with E-state index in [1.807, 2.05) is 60.4 Å². The van der Waals surface area contributed by atoms with E-state index in [4.69, 9.17) is 5.10 Å². The van der Waals surface area contributed by atoms with Gasteiger partial charge in [-0.25, -0.2) is 9.48 Å². The van der Waals surface area contributed by atoms with Crippen LogP contribution < -0.4 is 10.6 Å². The Kier molecular flexibility index (Phi) is 9.83. The van der Waals surface area contributed by atoms with E-state index in [0.29, 0.717) is 18.2 Å². The number of aryl methyl sites for hydroxylation is 2. The van der Waals surface area contributed by atoms with Gasteiger partial charge in [-0.05, 0) is 80.3 Å². The molecule has 3 aromatic carbocycles. The van der Waals surface area contributed by atoms with Crippen LogP contribution in [0.3, 0.4) is 0 Å². The lowest BCUT2D eigenvalue weighted by Gasteiger charge is -2.32. The number of anilines is 2. The number of aromatic nitrogens is 2. The van der Waals surface area contributed by atoms with E-state index in [1.165, 1.54) is 11.1 Å². The standard InChI is InChI=1S/C37H45N5O2/c1-27-16-18-32(19-17-27)42-34(26-33(40-42)37(2,3)4)39-36(44)38-31-14-8-13-30(25-31)24-29-20-22-41(23-21-29)35(43)15-9-12-28-10-6-5-7-11-28/h5-8,10-11,13-14,16-19,25-26,29H,9,12,15,20-24H2,1-4H3,(H2,38,39,44). The molecule has 7 nitrogen and oxygen atoms in total. The Hall–Kier alpha value is -4.39. The minimum absolute atomic E-state index is 0.164. The predicted molar refractivity (Wildman–Crippen MR) is 178 cm³/mol. The van der Waals surface area contributed by atoms with Crippen molar-refractivity contribution >= 4 is 23.4 Å². The monoisotopic (exact) mass is 591 g/mol. The van der Waals surface area contributed by atoms with E-state index in [0.717, 1.165) is 67.8 Å². The van der Waals surface area contributed by atoms with Crippen molar-refractivity contribution in [2.75, 3.05) is 23.7 Å². The summed E-state index contributed by atoms with van der Waals surface area (Å²) in [5.41, 5.74) is 6.02. The molecule has 0 atom stereocenters. The van der Waals surface area contributed by atoms with E-state index in [2.05, 4.69) is 67.8 Å². The molecule has 5 rings (SSSR count). The van der Waals surface area contributed by atoms with Crippen molar-refractivity contribution in [2.24, 2.45) is 5.92 Å². The number of rotatable bonds is 9. The van der Waals surface area contributed by atoms with E-state index in [-0.39, 0.29) is 17.4 Å². The molecule has 0 bridgehead atoms. The molecule has 0 aliphatic carbocycles. The molecule has 1 aliphatic heterocycles. The summed E-state index contributed by atoms with van der Waals surface area (Å²) in [6.45, 7) is 10.0. The molecule has 0 radical (unpaired) electrons. The first-order valence-electron chi connectivity index (χ1n) is 15.8. The average Bonchev–Trinajstić information content (AvgIpc) is 3.43. The molecule has 3 amide bonds. The second-order valence-corrected chi connectivity index (χ2v) is 13.1. The fraction of sp³-hybridized carbons (Fsp3) is 0.378. The Bertz CT molecular complexity index is 1550. The molecule has 1 aliphatic rings. The Morgan fingerprint density at radius 2 is 1.57 bits per heavy atom. The van der Waals surface area contributed by atoms with Crippen molar-refractivity contribution in [3.8, 4) is 5.69 Å². The molecule has 1 saturated heterocycles. The number of carbonyl (C=O) groups excluding carboxylic acids is 2. The molecule has 2 N–H and O–H groups in total. The molecule has 0 spiro atoms. The zero-order chi connectivity index (χ0) is 31.1. The third kappa shape index (κ3) is 8.37. The number of hydrogen-bond acceptors (Lipinski definition) is 3. The summed E-state index contributed by atoms with van der Waals surface area (Å²) >= 11 is 0. The highest BCUT2D eigenvalue weighted by molar-refractivity contribution is 5.99. The first kappa shape index (κ1) is 31.0.